The van der Waals surface area contributed by atoms with Crippen molar-refractivity contribution in [3.05, 3.63) is 36.7 Å². The van der Waals surface area contributed by atoms with Gasteiger partial charge >= 0.3 is 6.55 Å². The van der Waals surface area contributed by atoms with E-state index < -0.39 is 12.4 Å². The Morgan fingerprint density at radius 1 is 1.11 bits per heavy atom. The highest BCUT2D eigenvalue weighted by atomic mass is 19.3. The number of fused-ring (bicyclic) bond motifs is 1. The molecule has 8 heteroatoms. The molecule has 0 saturated carbocycles. The SMILES string of the molecule is Oc1cc(-c2cnn(C(F)F)c2)cn2ncc(F)c12. The molecule has 0 aliphatic carbocycles. The van der Waals surface area contributed by atoms with Crippen LogP contribution in [0.5, 0.6) is 5.75 Å². The fourth-order valence-corrected chi connectivity index (χ4v) is 1.82. The van der Waals surface area contributed by atoms with Crippen molar-refractivity contribution in [2.75, 3.05) is 0 Å². The Morgan fingerprint density at radius 2 is 1.89 bits per heavy atom. The van der Waals surface area contributed by atoms with Gasteiger partial charge in [0.05, 0.1) is 12.4 Å². The number of hydrogen-bond acceptors (Lipinski definition) is 3. The van der Waals surface area contributed by atoms with Crippen molar-refractivity contribution in [3.63, 3.8) is 0 Å². The Labute approximate surface area is 104 Å². The highest BCUT2D eigenvalue weighted by Gasteiger charge is 2.13. The van der Waals surface area contributed by atoms with E-state index in [9.17, 15) is 18.3 Å². The first-order chi connectivity index (χ1) is 9.06. The zero-order valence-corrected chi connectivity index (χ0v) is 9.33. The number of nitrogens with zero attached hydrogens (tertiary/aromatic N) is 4. The van der Waals surface area contributed by atoms with Gasteiger partial charge in [-0.15, -0.1) is 0 Å². The summed E-state index contributed by atoms with van der Waals surface area (Å²) in [4.78, 5) is 0. The van der Waals surface area contributed by atoms with Crippen molar-refractivity contribution in [1.82, 2.24) is 19.4 Å². The normalized spacial score (nSPS) is 11.6. The second-order valence-corrected chi connectivity index (χ2v) is 3.89. The van der Waals surface area contributed by atoms with Gasteiger partial charge < -0.3 is 5.11 Å². The number of rotatable bonds is 2. The lowest BCUT2D eigenvalue weighted by atomic mass is 10.1. The molecule has 19 heavy (non-hydrogen) atoms. The number of aromatic hydroxyl groups is 1. The molecule has 0 bridgehead atoms. The van der Waals surface area contributed by atoms with E-state index in [2.05, 4.69) is 10.2 Å². The molecule has 3 rings (SSSR count). The topological polar surface area (TPSA) is 55.4 Å². The Balaban J connectivity index is 2.14. The van der Waals surface area contributed by atoms with Gasteiger partial charge in [-0.25, -0.2) is 13.6 Å². The third-order valence-corrected chi connectivity index (χ3v) is 2.68. The van der Waals surface area contributed by atoms with E-state index in [4.69, 9.17) is 0 Å². The first kappa shape index (κ1) is 11.6. The van der Waals surface area contributed by atoms with Crippen LogP contribution in [0.1, 0.15) is 6.55 Å². The largest absolute Gasteiger partial charge is 0.506 e. The molecule has 0 aromatic carbocycles. The van der Waals surface area contributed by atoms with Crippen LogP contribution in [0.4, 0.5) is 13.2 Å². The van der Waals surface area contributed by atoms with Crippen molar-refractivity contribution >= 4 is 5.52 Å². The van der Waals surface area contributed by atoms with Crippen molar-refractivity contribution in [1.29, 1.82) is 0 Å². The van der Waals surface area contributed by atoms with E-state index in [0.29, 0.717) is 15.8 Å². The van der Waals surface area contributed by atoms with Crippen LogP contribution in [0.15, 0.2) is 30.9 Å². The zero-order chi connectivity index (χ0) is 13.6. The van der Waals surface area contributed by atoms with E-state index in [1.54, 1.807) is 0 Å². The molecule has 0 unspecified atom stereocenters. The fraction of sp³-hybridized carbons (Fsp3) is 0.0909. The summed E-state index contributed by atoms with van der Waals surface area (Å²) in [7, 11) is 0. The monoisotopic (exact) mass is 268 g/mol. The predicted octanol–water partition coefficient (Wildman–Crippen LogP) is 2.44. The maximum absolute atomic E-state index is 13.3. The minimum absolute atomic E-state index is 0.0648. The summed E-state index contributed by atoms with van der Waals surface area (Å²) in [5.41, 5.74) is 0.707. The molecule has 0 aliphatic heterocycles. The highest BCUT2D eigenvalue weighted by molar-refractivity contribution is 5.70. The summed E-state index contributed by atoms with van der Waals surface area (Å²) in [5, 5.41) is 16.9. The van der Waals surface area contributed by atoms with Crippen LogP contribution in [0.2, 0.25) is 0 Å². The van der Waals surface area contributed by atoms with E-state index in [-0.39, 0.29) is 11.3 Å². The summed E-state index contributed by atoms with van der Waals surface area (Å²) >= 11 is 0. The molecule has 0 fully saturated rings. The quantitative estimate of drug-likeness (QED) is 0.776. The number of alkyl halides is 2. The third-order valence-electron chi connectivity index (χ3n) is 2.68. The van der Waals surface area contributed by atoms with Crippen LogP contribution in [0.3, 0.4) is 0 Å². The van der Waals surface area contributed by atoms with Crippen LogP contribution in [-0.4, -0.2) is 24.5 Å². The maximum Gasteiger partial charge on any atom is 0.333 e. The molecule has 98 valence electrons. The summed E-state index contributed by atoms with van der Waals surface area (Å²) in [5.74, 6) is -0.982. The number of halogens is 3. The molecule has 0 atom stereocenters. The Kier molecular flexibility index (Phi) is 2.44. The number of hydrogen-bond donors (Lipinski definition) is 1. The summed E-state index contributed by atoms with van der Waals surface area (Å²) < 4.78 is 39.7. The third kappa shape index (κ3) is 1.81. The minimum atomic E-state index is -2.74. The maximum atomic E-state index is 13.3. The lowest BCUT2D eigenvalue weighted by Crippen LogP contribution is -1.96. The molecular weight excluding hydrogens is 261 g/mol. The fourth-order valence-electron chi connectivity index (χ4n) is 1.82. The molecule has 0 aliphatic rings. The molecule has 0 amide bonds. The molecular formula is C11H7F3N4O. The van der Waals surface area contributed by atoms with Crippen molar-refractivity contribution in [2.24, 2.45) is 0 Å². The van der Waals surface area contributed by atoms with Gasteiger partial charge in [0.25, 0.3) is 0 Å². The lowest BCUT2D eigenvalue weighted by Gasteiger charge is -2.02. The van der Waals surface area contributed by atoms with Crippen LogP contribution in [0.25, 0.3) is 16.6 Å². The van der Waals surface area contributed by atoms with E-state index in [0.717, 1.165) is 16.9 Å². The molecule has 1 N–H and O–H groups in total. The Morgan fingerprint density at radius 3 is 2.58 bits per heavy atom. The zero-order valence-electron chi connectivity index (χ0n) is 9.33. The molecule has 3 aromatic rings. The van der Waals surface area contributed by atoms with Crippen LogP contribution >= 0.6 is 0 Å². The van der Waals surface area contributed by atoms with Crippen LogP contribution in [-0.2, 0) is 0 Å². The second-order valence-electron chi connectivity index (χ2n) is 3.89. The van der Waals surface area contributed by atoms with Gasteiger partial charge in [0.2, 0.25) is 0 Å². The lowest BCUT2D eigenvalue weighted by molar-refractivity contribution is 0.0566. The molecule has 0 spiro atoms. The van der Waals surface area contributed by atoms with Crippen molar-refractivity contribution < 1.29 is 18.3 Å². The highest BCUT2D eigenvalue weighted by Crippen LogP contribution is 2.28. The Hall–Kier alpha value is -2.51. The molecule has 0 saturated heterocycles. The van der Waals surface area contributed by atoms with E-state index in [1.165, 1.54) is 18.5 Å². The first-order valence-electron chi connectivity index (χ1n) is 5.25. The average Bonchev–Trinajstić information content (AvgIpc) is 2.96. The minimum Gasteiger partial charge on any atom is -0.506 e. The van der Waals surface area contributed by atoms with Gasteiger partial charge in [0.1, 0.15) is 11.3 Å². The predicted molar refractivity (Wildman–Crippen MR) is 59.3 cm³/mol. The van der Waals surface area contributed by atoms with Crippen LogP contribution < -0.4 is 0 Å². The van der Waals surface area contributed by atoms with E-state index in [1.807, 2.05) is 0 Å². The van der Waals surface area contributed by atoms with Gasteiger partial charge in [-0.3, -0.25) is 0 Å². The summed E-state index contributed by atoms with van der Waals surface area (Å²) in [6, 6.07) is 1.27. The van der Waals surface area contributed by atoms with Gasteiger partial charge in [-0.2, -0.15) is 19.0 Å². The van der Waals surface area contributed by atoms with Gasteiger partial charge in [0, 0.05) is 23.5 Å². The van der Waals surface area contributed by atoms with Crippen molar-refractivity contribution in [3.8, 4) is 16.9 Å². The number of pyridine rings is 1. The average molecular weight is 268 g/mol. The van der Waals surface area contributed by atoms with Gasteiger partial charge in [-0.1, -0.05) is 0 Å². The van der Waals surface area contributed by atoms with Gasteiger partial charge in [-0.05, 0) is 6.07 Å². The molecule has 3 heterocycles. The van der Waals surface area contributed by atoms with Gasteiger partial charge in [0.15, 0.2) is 5.82 Å². The molecule has 5 nitrogen and oxygen atoms in total. The smallest absolute Gasteiger partial charge is 0.333 e. The summed E-state index contributed by atoms with van der Waals surface area (Å²) in [6.07, 6.45) is 4.74. The standard InChI is InChI=1S/C11H7F3N4O/c12-8-3-16-17-4-6(1-9(19)10(8)17)7-2-15-18(5-7)11(13)14/h1-5,11,19H. The Bertz CT molecular complexity index is 750. The first-order valence-corrected chi connectivity index (χ1v) is 5.25. The number of aromatic nitrogens is 4. The molecule has 3 aromatic heterocycles. The summed E-state index contributed by atoms with van der Waals surface area (Å²) in [6.45, 7) is -2.74. The van der Waals surface area contributed by atoms with Crippen molar-refractivity contribution in [2.45, 2.75) is 6.55 Å². The van der Waals surface area contributed by atoms with E-state index >= 15 is 0 Å². The van der Waals surface area contributed by atoms with Crippen LogP contribution in [0, 0.1) is 5.82 Å². The second kappa shape index (κ2) is 4.01. The molecule has 0 radical (unpaired) electrons.